The van der Waals surface area contributed by atoms with Gasteiger partial charge in [0.25, 0.3) is 10.0 Å². The Kier molecular flexibility index (Phi) is 4.06. The Bertz CT molecular complexity index is 996. The largest absolute Gasteiger partial charge is 0.497 e. The van der Waals surface area contributed by atoms with Crippen molar-refractivity contribution >= 4 is 21.4 Å². The predicted octanol–water partition coefficient (Wildman–Crippen LogP) is 2.46. The van der Waals surface area contributed by atoms with Crippen LogP contribution in [0.3, 0.4) is 0 Å². The molecule has 3 rings (SSSR count). The van der Waals surface area contributed by atoms with Crippen molar-refractivity contribution in [2.45, 2.75) is 11.8 Å². The van der Waals surface area contributed by atoms with E-state index in [4.69, 9.17) is 9.47 Å². The highest BCUT2D eigenvalue weighted by molar-refractivity contribution is 7.92. The Labute approximate surface area is 139 Å². The van der Waals surface area contributed by atoms with Gasteiger partial charge >= 0.3 is 0 Å². The maximum absolute atomic E-state index is 12.8. The van der Waals surface area contributed by atoms with Crippen LogP contribution in [-0.2, 0) is 10.0 Å². The maximum atomic E-state index is 12.8. The first-order valence-corrected chi connectivity index (χ1v) is 8.62. The molecule has 7 nitrogen and oxygen atoms in total. The third kappa shape index (κ3) is 2.88. The Morgan fingerprint density at radius 2 is 1.96 bits per heavy atom. The average Bonchev–Trinajstić information content (AvgIpc) is 2.95. The van der Waals surface area contributed by atoms with Crippen LogP contribution in [0.15, 0.2) is 47.6 Å². The Hall–Kier alpha value is -2.74. The zero-order valence-corrected chi connectivity index (χ0v) is 14.3. The molecule has 0 fully saturated rings. The van der Waals surface area contributed by atoms with Gasteiger partial charge in [-0.3, -0.25) is 4.72 Å². The summed E-state index contributed by atoms with van der Waals surface area (Å²) in [5.74, 6) is 0.654. The van der Waals surface area contributed by atoms with Gasteiger partial charge in [-0.1, -0.05) is 0 Å². The molecule has 3 aromatic rings. The number of nitrogens with zero attached hydrogens (tertiary/aromatic N) is 2. The lowest BCUT2D eigenvalue weighted by atomic mass is 10.3. The molecule has 24 heavy (non-hydrogen) atoms. The van der Waals surface area contributed by atoms with E-state index in [2.05, 4.69) is 9.71 Å². The summed E-state index contributed by atoms with van der Waals surface area (Å²) in [6.07, 6.45) is 3.62. The van der Waals surface area contributed by atoms with Gasteiger partial charge in [-0.15, -0.1) is 0 Å². The summed E-state index contributed by atoms with van der Waals surface area (Å²) in [5.41, 5.74) is 1.71. The fourth-order valence-electron chi connectivity index (χ4n) is 2.41. The highest BCUT2D eigenvalue weighted by Gasteiger charge is 2.22. The van der Waals surface area contributed by atoms with Gasteiger partial charge in [0, 0.05) is 18.5 Å². The topological polar surface area (TPSA) is 81.9 Å². The van der Waals surface area contributed by atoms with Crippen molar-refractivity contribution in [1.82, 2.24) is 9.38 Å². The van der Waals surface area contributed by atoms with Crippen LogP contribution in [0.5, 0.6) is 11.5 Å². The van der Waals surface area contributed by atoms with E-state index < -0.39 is 10.0 Å². The molecular weight excluding hydrogens is 330 g/mol. The summed E-state index contributed by atoms with van der Waals surface area (Å²) >= 11 is 0. The summed E-state index contributed by atoms with van der Waals surface area (Å²) < 4.78 is 40.2. The molecule has 0 saturated heterocycles. The monoisotopic (exact) mass is 347 g/mol. The minimum Gasteiger partial charge on any atom is -0.497 e. The number of aryl methyl sites for hydroxylation is 1. The van der Waals surface area contributed by atoms with Crippen LogP contribution in [0, 0.1) is 6.92 Å². The van der Waals surface area contributed by atoms with Gasteiger partial charge in [-0.25, -0.2) is 13.4 Å². The first kappa shape index (κ1) is 16.1. The van der Waals surface area contributed by atoms with Crippen LogP contribution in [0.25, 0.3) is 5.65 Å². The molecule has 0 amide bonds. The molecule has 2 heterocycles. The zero-order valence-electron chi connectivity index (χ0n) is 13.5. The van der Waals surface area contributed by atoms with Crippen molar-refractivity contribution in [2.24, 2.45) is 0 Å². The molecule has 0 radical (unpaired) electrons. The Balaban J connectivity index is 2.08. The number of sulfonamides is 1. The minimum atomic E-state index is -3.88. The van der Waals surface area contributed by atoms with Gasteiger partial charge in [0.2, 0.25) is 0 Å². The number of aromatic nitrogens is 2. The molecule has 0 aliphatic heterocycles. The minimum absolute atomic E-state index is 0.00497. The summed E-state index contributed by atoms with van der Waals surface area (Å²) in [7, 11) is -0.991. The quantitative estimate of drug-likeness (QED) is 0.767. The number of methoxy groups -OCH3 is 2. The average molecular weight is 347 g/mol. The van der Waals surface area contributed by atoms with Gasteiger partial charge in [-0.05, 0) is 31.2 Å². The number of hydrogen-bond acceptors (Lipinski definition) is 5. The normalized spacial score (nSPS) is 11.5. The van der Waals surface area contributed by atoms with Gasteiger partial charge in [0.1, 0.15) is 16.4 Å². The molecule has 0 spiro atoms. The van der Waals surface area contributed by atoms with Gasteiger partial charge in [0.15, 0.2) is 5.65 Å². The number of pyridine rings is 1. The van der Waals surface area contributed by atoms with Crippen LogP contribution < -0.4 is 14.2 Å². The van der Waals surface area contributed by atoms with E-state index >= 15 is 0 Å². The molecule has 8 heteroatoms. The Morgan fingerprint density at radius 1 is 1.17 bits per heavy atom. The molecular formula is C16H17N3O4S. The van der Waals surface area contributed by atoms with E-state index in [1.165, 1.54) is 20.3 Å². The van der Waals surface area contributed by atoms with Crippen molar-refractivity contribution in [3.8, 4) is 11.5 Å². The van der Waals surface area contributed by atoms with E-state index in [1.54, 1.807) is 34.9 Å². The van der Waals surface area contributed by atoms with Crippen molar-refractivity contribution in [1.29, 1.82) is 0 Å². The van der Waals surface area contributed by atoms with Gasteiger partial charge in [0.05, 0.1) is 25.6 Å². The zero-order chi connectivity index (χ0) is 17.3. The summed E-state index contributed by atoms with van der Waals surface area (Å²) in [6, 6.07) is 8.00. The van der Waals surface area contributed by atoms with Gasteiger partial charge < -0.3 is 13.9 Å². The van der Waals surface area contributed by atoms with E-state index in [0.717, 1.165) is 5.69 Å². The fourth-order valence-corrected chi connectivity index (χ4v) is 3.66. The number of imidazole rings is 1. The number of hydrogen-bond donors (Lipinski definition) is 1. The lowest BCUT2D eigenvalue weighted by Gasteiger charge is -2.13. The van der Waals surface area contributed by atoms with Crippen LogP contribution >= 0.6 is 0 Å². The molecule has 126 valence electrons. The highest BCUT2D eigenvalue weighted by atomic mass is 32.2. The summed E-state index contributed by atoms with van der Waals surface area (Å²) in [4.78, 5) is 4.34. The standard InChI is InChI=1S/C16H17N3O4S/c1-11-10-19-8-4-5-13(16(19)17-11)18-24(20,21)15-9-12(22-2)6-7-14(15)23-3/h4-10,18H,1-3H3. The lowest BCUT2D eigenvalue weighted by molar-refractivity contribution is 0.392. The number of rotatable bonds is 5. The lowest BCUT2D eigenvalue weighted by Crippen LogP contribution is -2.15. The first-order valence-electron chi connectivity index (χ1n) is 7.14. The number of benzene rings is 1. The summed E-state index contributed by atoms with van der Waals surface area (Å²) in [6.45, 7) is 1.84. The van der Waals surface area contributed by atoms with E-state index in [-0.39, 0.29) is 10.6 Å². The van der Waals surface area contributed by atoms with E-state index in [1.807, 2.05) is 13.1 Å². The fraction of sp³-hybridized carbons (Fsp3) is 0.188. The molecule has 2 aromatic heterocycles. The van der Waals surface area contributed by atoms with Crippen LogP contribution in [0.2, 0.25) is 0 Å². The second-order valence-electron chi connectivity index (χ2n) is 5.16. The molecule has 1 N–H and O–H groups in total. The predicted molar refractivity (Wildman–Crippen MR) is 90.3 cm³/mol. The second kappa shape index (κ2) is 6.04. The molecule has 0 bridgehead atoms. The SMILES string of the molecule is COc1ccc(OC)c(S(=O)(=O)Nc2cccn3cc(C)nc23)c1. The molecule has 1 aromatic carbocycles. The first-order chi connectivity index (χ1) is 11.4. The highest BCUT2D eigenvalue weighted by Crippen LogP contribution is 2.30. The number of nitrogens with one attached hydrogen (secondary N) is 1. The third-order valence-electron chi connectivity index (χ3n) is 3.51. The maximum Gasteiger partial charge on any atom is 0.265 e. The van der Waals surface area contributed by atoms with Crippen LogP contribution in [0.1, 0.15) is 5.69 Å². The number of anilines is 1. The molecule has 0 aliphatic rings. The number of ether oxygens (including phenoxy) is 2. The van der Waals surface area contributed by atoms with Crippen molar-refractivity contribution in [2.75, 3.05) is 18.9 Å². The Morgan fingerprint density at radius 3 is 2.67 bits per heavy atom. The smallest absolute Gasteiger partial charge is 0.265 e. The van der Waals surface area contributed by atoms with E-state index in [9.17, 15) is 8.42 Å². The van der Waals surface area contributed by atoms with Crippen molar-refractivity contribution in [3.63, 3.8) is 0 Å². The van der Waals surface area contributed by atoms with Gasteiger partial charge in [-0.2, -0.15) is 0 Å². The molecule has 0 aliphatic carbocycles. The van der Waals surface area contributed by atoms with Crippen LogP contribution in [-0.4, -0.2) is 32.0 Å². The van der Waals surface area contributed by atoms with Crippen molar-refractivity contribution < 1.29 is 17.9 Å². The molecule has 0 unspecified atom stereocenters. The van der Waals surface area contributed by atoms with Crippen LogP contribution in [0.4, 0.5) is 5.69 Å². The second-order valence-corrected chi connectivity index (χ2v) is 6.81. The summed E-state index contributed by atoms with van der Waals surface area (Å²) in [5, 5.41) is 0. The number of fused-ring (bicyclic) bond motifs is 1. The van der Waals surface area contributed by atoms with Crippen molar-refractivity contribution in [3.05, 3.63) is 48.4 Å². The van der Waals surface area contributed by atoms with E-state index in [0.29, 0.717) is 17.1 Å². The molecule has 0 saturated carbocycles. The molecule has 0 atom stereocenters. The third-order valence-corrected chi connectivity index (χ3v) is 4.89.